The number of nitrogens with one attached hydrogen (secondary N) is 1. The van der Waals surface area contributed by atoms with Crippen molar-refractivity contribution in [3.05, 3.63) is 46.4 Å². The maximum Gasteiger partial charge on any atom is 0.141 e. The molecule has 1 heterocycles. The molecule has 1 aromatic heterocycles. The maximum atomic E-state index is 6.02. The number of anilines is 1. The molecule has 0 spiro atoms. The lowest BCUT2D eigenvalue weighted by molar-refractivity contribution is 0.893. The second-order valence-electron chi connectivity index (χ2n) is 5.04. The summed E-state index contributed by atoms with van der Waals surface area (Å²) >= 11 is 7.74. The third-order valence-corrected chi connectivity index (χ3v) is 4.71. The molecule has 0 bridgehead atoms. The van der Waals surface area contributed by atoms with Gasteiger partial charge in [0, 0.05) is 27.7 Å². The van der Waals surface area contributed by atoms with E-state index < -0.39 is 0 Å². The van der Waals surface area contributed by atoms with E-state index in [9.17, 15) is 0 Å². The number of aryl methyl sites for hydroxylation is 1. The van der Waals surface area contributed by atoms with E-state index in [0.717, 1.165) is 46.7 Å². The topological polar surface area (TPSA) is 37.8 Å². The highest BCUT2D eigenvalue weighted by atomic mass is 35.5. The van der Waals surface area contributed by atoms with Gasteiger partial charge in [0.1, 0.15) is 11.6 Å². The van der Waals surface area contributed by atoms with Crippen molar-refractivity contribution in [2.45, 2.75) is 36.8 Å². The van der Waals surface area contributed by atoms with Crippen LogP contribution in [0.15, 0.2) is 29.2 Å². The Labute approximate surface area is 134 Å². The zero-order chi connectivity index (χ0) is 14.7. The summed E-state index contributed by atoms with van der Waals surface area (Å²) in [4.78, 5) is 10.6. The average molecular weight is 320 g/mol. The quantitative estimate of drug-likeness (QED) is 0.832. The molecule has 1 aliphatic carbocycles. The number of halogens is 1. The predicted molar refractivity (Wildman–Crippen MR) is 89.2 cm³/mol. The van der Waals surface area contributed by atoms with E-state index in [0.29, 0.717) is 0 Å². The first-order valence-electron chi connectivity index (χ1n) is 7.27. The Morgan fingerprint density at radius 1 is 1.29 bits per heavy atom. The molecule has 3 nitrogen and oxygen atoms in total. The van der Waals surface area contributed by atoms with Crippen LogP contribution < -0.4 is 5.32 Å². The summed E-state index contributed by atoms with van der Waals surface area (Å²) in [6.07, 6.45) is 3.36. The highest BCUT2D eigenvalue weighted by Crippen LogP contribution is 2.29. The van der Waals surface area contributed by atoms with Crippen molar-refractivity contribution in [3.8, 4) is 0 Å². The van der Waals surface area contributed by atoms with Crippen LogP contribution in [0.1, 0.15) is 30.4 Å². The molecule has 0 saturated heterocycles. The van der Waals surface area contributed by atoms with Gasteiger partial charge in [-0.1, -0.05) is 17.7 Å². The summed E-state index contributed by atoms with van der Waals surface area (Å²) in [6.45, 7) is 2.99. The second kappa shape index (κ2) is 6.67. The molecule has 1 aliphatic rings. The molecule has 0 amide bonds. The SMILES string of the molecule is CCNc1nc(CSc2cccc(Cl)c2)nc2c1CCC2. The van der Waals surface area contributed by atoms with Crippen LogP contribution in [0.2, 0.25) is 5.02 Å². The molecule has 1 aromatic carbocycles. The van der Waals surface area contributed by atoms with Crippen LogP contribution in [-0.4, -0.2) is 16.5 Å². The molecule has 5 heteroatoms. The lowest BCUT2D eigenvalue weighted by atomic mass is 10.2. The molecule has 110 valence electrons. The first-order valence-corrected chi connectivity index (χ1v) is 8.63. The summed E-state index contributed by atoms with van der Waals surface area (Å²) in [6, 6.07) is 7.90. The lowest BCUT2D eigenvalue weighted by Gasteiger charge is -2.11. The van der Waals surface area contributed by atoms with E-state index in [1.807, 2.05) is 18.2 Å². The van der Waals surface area contributed by atoms with Gasteiger partial charge in [-0.25, -0.2) is 9.97 Å². The Bertz CT molecular complexity index is 645. The van der Waals surface area contributed by atoms with Crippen LogP contribution in [0.4, 0.5) is 5.82 Å². The van der Waals surface area contributed by atoms with Crippen molar-refractivity contribution in [2.24, 2.45) is 0 Å². The molecule has 0 saturated carbocycles. The molecule has 0 fully saturated rings. The molecule has 0 atom stereocenters. The minimum absolute atomic E-state index is 0.767. The van der Waals surface area contributed by atoms with Gasteiger partial charge in [0.2, 0.25) is 0 Å². The van der Waals surface area contributed by atoms with Crippen molar-refractivity contribution in [3.63, 3.8) is 0 Å². The smallest absolute Gasteiger partial charge is 0.141 e. The zero-order valence-electron chi connectivity index (χ0n) is 12.0. The summed E-state index contributed by atoms with van der Waals surface area (Å²) in [5.74, 6) is 2.70. The molecular formula is C16H18ClN3S. The van der Waals surface area contributed by atoms with Gasteiger partial charge in [0.25, 0.3) is 0 Å². The zero-order valence-corrected chi connectivity index (χ0v) is 13.6. The highest BCUT2D eigenvalue weighted by molar-refractivity contribution is 7.98. The van der Waals surface area contributed by atoms with Gasteiger partial charge in [-0.05, 0) is 44.4 Å². The monoisotopic (exact) mass is 319 g/mol. The number of hydrogen-bond acceptors (Lipinski definition) is 4. The Balaban J connectivity index is 1.78. The van der Waals surface area contributed by atoms with Gasteiger partial charge in [-0.3, -0.25) is 0 Å². The van der Waals surface area contributed by atoms with E-state index >= 15 is 0 Å². The second-order valence-corrected chi connectivity index (χ2v) is 6.53. The van der Waals surface area contributed by atoms with Crippen molar-refractivity contribution >= 4 is 29.2 Å². The third-order valence-electron chi connectivity index (χ3n) is 3.49. The Morgan fingerprint density at radius 3 is 3.00 bits per heavy atom. The minimum atomic E-state index is 0.767. The first kappa shape index (κ1) is 14.7. The lowest BCUT2D eigenvalue weighted by Crippen LogP contribution is -2.08. The molecule has 0 radical (unpaired) electrons. The normalized spacial score (nSPS) is 13.2. The number of rotatable bonds is 5. The predicted octanol–water partition coefficient (Wildman–Crippen LogP) is 4.34. The molecule has 2 aromatic rings. The number of nitrogens with zero attached hydrogens (tertiary/aromatic N) is 2. The molecular weight excluding hydrogens is 302 g/mol. The van der Waals surface area contributed by atoms with Crippen LogP contribution in [0, 0.1) is 0 Å². The fraction of sp³-hybridized carbons (Fsp3) is 0.375. The van der Waals surface area contributed by atoms with E-state index in [1.54, 1.807) is 11.8 Å². The van der Waals surface area contributed by atoms with E-state index in [1.165, 1.54) is 17.7 Å². The Morgan fingerprint density at radius 2 is 2.19 bits per heavy atom. The third kappa shape index (κ3) is 3.50. The Kier molecular flexibility index (Phi) is 4.66. The van der Waals surface area contributed by atoms with Gasteiger partial charge in [-0.2, -0.15) is 0 Å². The van der Waals surface area contributed by atoms with Gasteiger partial charge < -0.3 is 5.32 Å². The number of aromatic nitrogens is 2. The highest BCUT2D eigenvalue weighted by Gasteiger charge is 2.18. The van der Waals surface area contributed by atoms with Crippen molar-refractivity contribution < 1.29 is 0 Å². The van der Waals surface area contributed by atoms with Crippen LogP contribution in [0.5, 0.6) is 0 Å². The summed E-state index contributed by atoms with van der Waals surface area (Å²) in [7, 11) is 0. The number of thioether (sulfide) groups is 1. The summed E-state index contributed by atoms with van der Waals surface area (Å²) < 4.78 is 0. The van der Waals surface area contributed by atoms with Gasteiger partial charge in [0.15, 0.2) is 0 Å². The molecule has 3 rings (SSSR count). The first-order chi connectivity index (χ1) is 10.3. The minimum Gasteiger partial charge on any atom is -0.370 e. The van der Waals surface area contributed by atoms with Gasteiger partial charge in [0.05, 0.1) is 5.75 Å². The van der Waals surface area contributed by atoms with Gasteiger partial charge in [-0.15, -0.1) is 11.8 Å². The summed E-state index contributed by atoms with van der Waals surface area (Å²) in [5.41, 5.74) is 2.54. The Hall–Kier alpha value is -1.26. The standard InChI is InChI=1S/C16H18ClN3S/c1-2-18-16-13-7-4-8-14(13)19-15(20-16)10-21-12-6-3-5-11(17)9-12/h3,5-6,9H,2,4,7-8,10H2,1H3,(H,18,19,20). The van der Waals surface area contributed by atoms with Gasteiger partial charge >= 0.3 is 0 Å². The van der Waals surface area contributed by atoms with E-state index in [-0.39, 0.29) is 0 Å². The maximum absolute atomic E-state index is 6.02. The molecule has 21 heavy (non-hydrogen) atoms. The van der Waals surface area contributed by atoms with Crippen molar-refractivity contribution in [1.29, 1.82) is 0 Å². The fourth-order valence-electron chi connectivity index (χ4n) is 2.57. The number of fused-ring (bicyclic) bond motifs is 1. The number of hydrogen-bond donors (Lipinski definition) is 1. The molecule has 0 aliphatic heterocycles. The van der Waals surface area contributed by atoms with Crippen LogP contribution in [0.3, 0.4) is 0 Å². The summed E-state index contributed by atoms with van der Waals surface area (Å²) in [5, 5.41) is 4.14. The van der Waals surface area contributed by atoms with Crippen molar-refractivity contribution in [2.75, 3.05) is 11.9 Å². The van der Waals surface area contributed by atoms with Crippen LogP contribution >= 0.6 is 23.4 Å². The van der Waals surface area contributed by atoms with E-state index in [2.05, 4.69) is 18.3 Å². The number of benzene rings is 1. The largest absolute Gasteiger partial charge is 0.370 e. The van der Waals surface area contributed by atoms with Crippen LogP contribution in [-0.2, 0) is 18.6 Å². The van der Waals surface area contributed by atoms with Crippen molar-refractivity contribution in [1.82, 2.24) is 9.97 Å². The molecule has 0 unspecified atom stereocenters. The van der Waals surface area contributed by atoms with Crippen LogP contribution in [0.25, 0.3) is 0 Å². The van der Waals surface area contributed by atoms with E-state index in [4.69, 9.17) is 21.6 Å². The average Bonchev–Trinajstić information content (AvgIpc) is 2.94. The molecule has 1 N–H and O–H groups in total. The fourth-order valence-corrected chi connectivity index (χ4v) is 3.63.